The van der Waals surface area contributed by atoms with Gasteiger partial charge in [0.15, 0.2) is 0 Å². The third-order valence-electron chi connectivity index (χ3n) is 4.45. The van der Waals surface area contributed by atoms with Crippen LogP contribution >= 0.6 is 0 Å². The topological polar surface area (TPSA) is 87.8 Å². The predicted octanol–water partition coefficient (Wildman–Crippen LogP) is 2.23. The van der Waals surface area contributed by atoms with Crippen molar-refractivity contribution in [3.8, 4) is 6.07 Å². The molecule has 0 radical (unpaired) electrons. The maximum Gasteiger partial charge on any atom is 0.285 e. The van der Waals surface area contributed by atoms with Gasteiger partial charge in [0.1, 0.15) is 18.2 Å². The molecule has 6 nitrogen and oxygen atoms in total. The van der Waals surface area contributed by atoms with Crippen molar-refractivity contribution < 1.29 is 4.79 Å². The first kappa shape index (κ1) is 18.4. The Hall–Kier alpha value is -2.94. The number of nitrogens with one attached hydrogen (secondary N) is 1. The number of hydrogen-bond donors (Lipinski definition) is 1. The number of benzene rings is 1. The molecule has 25 heavy (non-hydrogen) atoms. The fourth-order valence-corrected chi connectivity index (χ4v) is 2.55. The first-order chi connectivity index (χ1) is 11.7. The number of aromatic nitrogens is 2. The Balaban J connectivity index is 2.18. The number of rotatable bonds is 4. The summed E-state index contributed by atoms with van der Waals surface area (Å²) in [6.45, 7) is 9.11. The van der Waals surface area contributed by atoms with E-state index in [1.165, 1.54) is 5.56 Å². The molecule has 0 fully saturated rings. The minimum absolute atomic E-state index is 0.0301. The van der Waals surface area contributed by atoms with Gasteiger partial charge in [-0.3, -0.25) is 9.59 Å². The second-order valence-corrected chi connectivity index (χ2v) is 6.29. The first-order valence-electron chi connectivity index (χ1n) is 8.09. The summed E-state index contributed by atoms with van der Waals surface area (Å²) in [4.78, 5) is 24.5. The molecule has 2 rings (SSSR count). The van der Waals surface area contributed by atoms with E-state index in [4.69, 9.17) is 5.26 Å². The summed E-state index contributed by atoms with van der Waals surface area (Å²) in [5, 5.41) is 16.1. The van der Waals surface area contributed by atoms with Gasteiger partial charge in [-0.15, -0.1) is 0 Å². The van der Waals surface area contributed by atoms with E-state index in [1.807, 2.05) is 45.0 Å². The Bertz CT molecular complexity index is 922. The summed E-state index contributed by atoms with van der Waals surface area (Å²) in [7, 11) is 0. The van der Waals surface area contributed by atoms with Crippen LogP contribution in [0.5, 0.6) is 0 Å². The van der Waals surface area contributed by atoms with E-state index in [-0.39, 0.29) is 24.1 Å². The van der Waals surface area contributed by atoms with E-state index < -0.39 is 5.56 Å². The highest BCUT2D eigenvalue weighted by Crippen LogP contribution is 2.16. The Morgan fingerprint density at radius 3 is 2.56 bits per heavy atom. The fourth-order valence-electron chi connectivity index (χ4n) is 2.55. The lowest BCUT2D eigenvalue weighted by Crippen LogP contribution is -2.36. The van der Waals surface area contributed by atoms with Crippen LogP contribution in [0.4, 0.5) is 0 Å². The highest BCUT2D eigenvalue weighted by Gasteiger charge is 2.15. The molecule has 0 aliphatic heterocycles. The summed E-state index contributed by atoms with van der Waals surface area (Å²) < 4.78 is 1.04. The van der Waals surface area contributed by atoms with Gasteiger partial charge in [0.25, 0.3) is 5.56 Å². The monoisotopic (exact) mass is 338 g/mol. The lowest BCUT2D eigenvalue weighted by molar-refractivity contribution is -0.122. The first-order valence-corrected chi connectivity index (χ1v) is 8.09. The van der Waals surface area contributed by atoms with E-state index in [0.29, 0.717) is 11.3 Å². The zero-order valence-corrected chi connectivity index (χ0v) is 15.2. The molecule has 1 N–H and O–H groups in total. The summed E-state index contributed by atoms with van der Waals surface area (Å²) in [5.74, 6) is -0.326. The molecular formula is C19H22N4O2. The molecule has 130 valence electrons. The second kappa shape index (κ2) is 7.31. The fraction of sp³-hybridized carbons (Fsp3) is 0.368. The number of carbonyl (C=O) groups excluding carboxylic acids is 1. The number of hydrogen-bond acceptors (Lipinski definition) is 4. The molecule has 1 aromatic heterocycles. The minimum Gasteiger partial charge on any atom is -0.348 e. The van der Waals surface area contributed by atoms with E-state index in [0.717, 1.165) is 15.8 Å². The molecule has 1 unspecified atom stereocenters. The maximum atomic E-state index is 12.3. The molecule has 0 saturated carbocycles. The van der Waals surface area contributed by atoms with Crippen LogP contribution in [0.1, 0.15) is 46.5 Å². The summed E-state index contributed by atoms with van der Waals surface area (Å²) >= 11 is 0. The Morgan fingerprint density at radius 1 is 1.28 bits per heavy atom. The predicted molar refractivity (Wildman–Crippen MR) is 95.2 cm³/mol. The van der Waals surface area contributed by atoms with Crippen LogP contribution in [-0.2, 0) is 11.3 Å². The zero-order valence-electron chi connectivity index (χ0n) is 15.2. The molecule has 0 aliphatic rings. The summed E-state index contributed by atoms with van der Waals surface area (Å²) in [6, 6.07) is 7.73. The summed E-state index contributed by atoms with van der Waals surface area (Å²) in [5.41, 5.74) is 3.94. The number of nitriles is 1. The Kier molecular flexibility index (Phi) is 5.38. The molecule has 0 spiro atoms. The SMILES string of the molecule is Cc1ccc(C(C)NC(=O)Cn2nc(C)c(C)c(C#N)c2=O)cc1C. The average Bonchev–Trinajstić information content (AvgIpc) is 2.55. The molecule has 1 heterocycles. The van der Waals surface area contributed by atoms with Crippen molar-refractivity contribution in [2.24, 2.45) is 0 Å². The Labute approximate surface area is 147 Å². The second-order valence-electron chi connectivity index (χ2n) is 6.29. The van der Waals surface area contributed by atoms with Crippen molar-refractivity contribution in [3.05, 3.63) is 62.1 Å². The van der Waals surface area contributed by atoms with Crippen molar-refractivity contribution >= 4 is 5.91 Å². The van der Waals surface area contributed by atoms with E-state index in [1.54, 1.807) is 13.8 Å². The zero-order chi connectivity index (χ0) is 18.7. The van der Waals surface area contributed by atoms with Crippen molar-refractivity contribution in [2.75, 3.05) is 0 Å². The molecule has 1 atom stereocenters. The molecular weight excluding hydrogens is 316 g/mol. The van der Waals surface area contributed by atoms with E-state index in [2.05, 4.69) is 10.4 Å². The van der Waals surface area contributed by atoms with Crippen LogP contribution in [0.2, 0.25) is 0 Å². The van der Waals surface area contributed by atoms with Crippen LogP contribution in [-0.4, -0.2) is 15.7 Å². The number of amides is 1. The third-order valence-corrected chi connectivity index (χ3v) is 4.45. The molecule has 0 bridgehead atoms. The molecule has 6 heteroatoms. The van der Waals surface area contributed by atoms with Crippen LogP contribution in [0.25, 0.3) is 0 Å². The third kappa shape index (κ3) is 3.94. The van der Waals surface area contributed by atoms with Gasteiger partial charge in [-0.2, -0.15) is 10.4 Å². The van der Waals surface area contributed by atoms with Crippen molar-refractivity contribution in [1.29, 1.82) is 5.26 Å². The normalized spacial score (nSPS) is 11.7. The quantitative estimate of drug-likeness (QED) is 0.926. The molecule has 0 saturated heterocycles. The highest BCUT2D eigenvalue weighted by molar-refractivity contribution is 5.76. The molecule has 1 amide bonds. The maximum absolute atomic E-state index is 12.3. The lowest BCUT2D eigenvalue weighted by atomic mass is 10.0. The van der Waals surface area contributed by atoms with Gasteiger partial charge in [0.05, 0.1) is 11.7 Å². The molecule has 0 aliphatic carbocycles. The highest BCUT2D eigenvalue weighted by atomic mass is 16.2. The van der Waals surface area contributed by atoms with Gasteiger partial charge >= 0.3 is 0 Å². The number of carbonyl (C=O) groups is 1. The van der Waals surface area contributed by atoms with Crippen LogP contribution < -0.4 is 10.9 Å². The van der Waals surface area contributed by atoms with Crippen LogP contribution in [0.3, 0.4) is 0 Å². The van der Waals surface area contributed by atoms with Crippen LogP contribution in [0.15, 0.2) is 23.0 Å². The van der Waals surface area contributed by atoms with Crippen molar-refractivity contribution in [3.63, 3.8) is 0 Å². The van der Waals surface area contributed by atoms with Gasteiger partial charge in [-0.25, -0.2) is 4.68 Å². The summed E-state index contributed by atoms with van der Waals surface area (Å²) in [6.07, 6.45) is 0. The molecule has 1 aromatic carbocycles. The van der Waals surface area contributed by atoms with E-state index >= 15 is 0 Å². The average molecular weight is 338 g/mol. The van der Waals surface area contributed by atoms with Gasteiger partial charge in [-0.05, 0) is 56.9 Å². The molecule has 2 aromatic rings. The van der Waals surface area contributed by atoms with Gasteiger partial charge < -0.3 is 5.32 Å². The van der Waals surface area contributed by atoms with Gasteiger partial charge in [0, 0.05) is 0 Å². The standard InChI is InChI=1S/C19H22N4O2/c1-11-6-7-16(8-12(11)2)15(5)21-18(24)10-23-19(25)17(9-20)13(3)14(4)22-23/h6-8,15H,10H2,1-5H3,(H,21,24). The lowest BCUT2D eigenvalue weighted by Gasteiger charge is -2.16. The van der Waals surface area contributed by atoms with Crippen molar-refractivity contribution in [2.45, 2.75) is 47.2 Å². The Morgan fingerprint density at radius 2 is 1.96 bits per heavy atom. The van der Waals surface area contributed by atoms with E-state index in [9.17, 15) is 9.59 Å². The van der Waals surface area contributed by atoms with Gasteiger partial charge in [0.2, 0.25) is 5.91 Å². The number of nitrogens with zero attached hydrogens (tertiary/aromatic N) is 3. The smallest absolute Gasteiger partial charge is 0.285 e. The minimum atomic E-state index is -0.542. The number of aryl methyl sites for hydroxylation is 3. The largest absolute Gasteiger partial charge is 0.348 e. The van der Waals surface area contributed by atoms with Gasteiger partial charge in [-0.1, -0.05) is 18.2 Å². The van der Waals surface area contributed by atoms with Crippen LogP contribution in [0, 0.1) is 39.0 Å². The van der Waals surface area contributed by atoms with Crippen molar-refractivity contribution in [1.82, 2.24) is 15.1 Å².